The van der Waals surface area contributed by atoms with E-state index in [-0.39, 0.29) is 6.04 Å². The summed E-state index contributed by atoms with van der Waals surface area (Å²) in [6.45, 7) is 3.05. The third kappa shape index (κ3) is 1.81. The van der Waals surface area contributed by atoms with Crippen molar-refractivity contribution in [2.24, 2.45) is 0 Å². The van der Waals surface area contributed by atoms with Crippen LogP contribution in [0.25, 0.3) is 0 Å². The van der Waals surface area contributed by atoms with Crippen molar-refractivity contribution in [2.45, 2.75) is 43.2 Å². The van der Waals surface area contributed by atoms with Crippen LogP contribution in [0.3, 0.4) is 0 Å². The summed E-state index contributed by atoms with van der Waals surface area (Å²) in [5, 5.41) is 14.8. The van der Waals surface area contributed by atoms with E-state index in [4.69, 9.17) is 0 Å². The minimum Gasteiger partial charge on any atom is -0.387 e. The average molecular weight is 249 g/mol. The lowest BCUT2D eigenvalue weighted by atomic mass is 9.82. The molecule has 0 bridgehead atoms. The quantitative estimate of drug-likeness (QED) is 0.802. The summed E-state index contributed by atoms with van der Waals surface area (Å²) >= 11 is 1.90. The van der Waals surface area contributed by atoms with Gasteiger partial charge in [-0.25, -0.2) is 0 Å². The van der Waals surface area contributed by atoms with E-state index in [0.29, 0.717) is 5.25 Å². The van der Waals surface area contributed by atoms with Crippen molar-refractivity contribution in [3.63, 3.8) is 0 Å². The molecule has 3 atom stereocenters. The van der Waals surface area contributed by atoms with Crippen molar-refractivity contribution >= 4 is 11.8 Å². The lowest BCUT2D eigenvalue weighted by Gasteiger charge is -2.42. The molecule has 0 spiro atoms. The second-order valence-corrected chi connectivity index (χ2v) is 6.57. The van der Waals surface area contributed by atoms with Crippen LogP contribution < -0.4 is 5.32 Å². The van der Waals surface area contributed by atoms with Crippen LogP contribution in [0.2, 0.25) is 0 Å². The molecule has 1 saturated heterocycles. The van der Waals surface area contributed by atoms with Crippen molar-refractivity contribution in [2.75, 3.05) is 5.75 Å². The van der Waals surface area contributed by atoms with Gasteiger partial charge in [-0.2, -0.15) is 11.8 Å². The Hall–Kier alpha value is -0.510. The molecule has 0 aliphatic carbocycles. The fourth-order valence-corrected chi connectivity index (χ4v) is 4.29. The second-order valence-electron chi connectivity index (χ2n) is 5.12. The summed E-state index contributed by atoms with van der Waals surface area (Å²) in [6, 6.07) is 8.58. The molecule has 2 heterocycles. The van der Waals surface area contributed by atoms with Crippen LogP contribution in [0.1, 0.15) is 36.9 Å². The van der Waals surface area contributed by atoms with E-state index < -0.39 is 5.60 Å². The normalized spacial score (nSPS) is 36.8. The molecule has 2 aliphatic heterocycles. The summed E-state index contributed by atoms with van der Waals surface area (Å²) in [5.74, 6) is 1.18. The zero-order valence-corrected chi connectivity index (χ0v) is 11.0. The fraction of sp³-hybridized carbons (Fsp3) is 0.571. The lowest BCUT2D eigenvalue weighted by Crippen LogP contribution is -2.50. The highest BCUT2D eigenvalue weighted by Crippen LogP contribution is 2.44. The first-order chi connectivity index (χ1) is 8.22. The number of thioether (sulfide) groups is 1. The Bertz CT molecular complexity index is 422. The Labute approximate surface area is 107 Å². The van der Waals surface area contributed by atoms with E-state index in [0.717, 1.165) is 19.4 Å². The molecule has 1 fully saturated rings. The Morgan fingerprint density at radius 2 is 2.24 bits per heavy atom. The van der Waals surface area contributed by atoms with E-state index in [2.05, 4.69) is 36.5 Å². The maximum absolute atomic E-state index is 11.0. The zero-order chi connectivity index (χ0) is 11.9. The number of hydrogen-bond acceptors (Lipinski definition) is 3. The minimum absolute atomic E-state index is 0.112. The standard InChI is InChI=1S/C14H19NOS/c1-10-14(16,7-4-8-17-10)13-12-6-3-2-5-11(12)9-15-13/h2-3,5-6,10,13,15-16H,4,7-9H2,1H3. The first kappa shape index (κ1) is 11.6. The second kappa shape index (κ2) is 4.30. The van der Waals surface area contributed by atoms with Gasteiger partial charge in [0, 0.05) is 11.8 Å². The first-order valence-electron chi connectivity index (χ1n) is 6.37. The van der Waals surface area contributed by atoms with Crippen LogP contribution in [0.15, 0.2) is 24.3 Å². The number of nitrogens with one attached hydrogen (secondary N) is 1. The fourth-order valence-electron chi connectivity index (χ4n) is 3.09. The summed E-state index contributed by atoms with van der Waals surface area (Å²) in [6.07, 6.45) is 2.03. The van der Waals surface area contributed by atoms with Crippen molar-refractivity contribution < 1.29 is 5.11 Å². The third-order valence-electron chi connectivity index (χ3n) is 4.16. The molecule has 1 aromatic carbocycles. The molecule has 0 aromatic heterocycles. The molecular formula is C14H19NOS. The number of rotatable bonds is 1. The average Bonchev–Trinajstić information content (AvgIpc) is 2.77. The molecule has 2 aliphatic rings. The Balaban J connectivity index is 1.95. The van der Waals surface area contributed by atoms with E-state index >= 15 is 0 Å². The number of hydrogen-bond donors (Lipinski definition) is 2. The van der Waals surface area contributed by atoms with Gasteiger partial charge in [0.25, 0.3) is 0 Å². The third-order valence-corrected chi connectivity index (χ3v) is 5.59. The molecule has 17 heavy (non-hydrogen) atoms. The Morgan fingerprint density at radius 3 is 3.06 bits per heavy atom. The Morgan fingerprint density at radius 1 is 1.41 bits per heavy atom. The summed E-state index contributed by atoms with van der Waals surface area (Å²) in [4.78, 5) is 0. The maximum Gasteiger partial charge on any atom is 0.0957 e. The summed E-state index contributed by atoms with van der Waals surface area (Å²) < 4.78 is 0. The van der Waals surface area contributed by atoms with Crippen molar-refractivity contribution in [1.82, 2.24) is 5.32 Å². The minimum atomic E-state index is -0.588. The van der Waals surface area contributed by atoms with Crippen LogP contribution in [0.5, 0.6) is 0 Å². The molecule has 3 rings (SSSR count). The van der Waals surface area contributed by atoms with Crippen LogP contribution >= 0.6 is 11.8 Å². The molecule has 3 unspecified atom stereocenters. The highest BCUT2D eigenvalue weighted by atomic mass is 32.2. The molecule has 3 heteroatoms. The van der Waals surface area contributed by atoms with Gasteiger partial charge in [0.2, 0.25) is 0 Å². The van der Waals surface area contributed by atoms with Gasteiger partial charge in [-0.1, -0.05) is 31.2 Å². The van der Waals surface area contributed by atoms with Crippen molar-refractivity contribution in [3.05, 3.63) is 35.4 Å². The topological polar surface area (TPSA) is 32.3 Å². The van der Waals surface area contributed by atoms with Gasteiger partial charge in [-0.3, -0.25) is 0 Å². The lowest BCUT2D eigenvalue weighted by molar-refractivity contribution is -0.00604. The van der Waals surface area contributed by atoms with Gasteiger partial charge >= 0.3 is 0 Å². The maximum atomic E-state index is 11.0. The predicted molar refractivity (Wildman–Crippen MR) is 72.1 cm³/mol. The smallest absolute Gasteiger partial charge is 0.0957 e. The molecule has 2 nitrogen and oxygen atoms in total. The molecule has 0 saturated carbocycles. The first-order valence-corrected chi connectivity index (χ1v) is 7.42. The van der Waals surface area contributed by atoms with Gasteiger partial charge in [0.05, 0.1) is 11.6 Å². The molecule has 2 N–H and O–H groups in total. The summed E-state index contributed by atoms with van der Waals surface area (Å²) in [5.41, 5.74) is 2.05. The highest BCUT2D eigenvalue weighted by Gasteiger charge is 2.46. The molecule has 0 amide bonds. The van der Waals surface area contributed by atoms with Crippen LogP contribution in [-0.4, -0.2) is 21.7 Å². The van der Waals surface area contributed by atoms with Gasteiger partial charge in [-0.15, -0.1) is 0 Å². The number of benzene rings is 1. The molecule has 1 aromatic rings. The molecule has 92 valence electrons. The van der Waals surface area contributed by atoms with E-state index in [1.165, 1.54) is 16.9 Å². The largest absolute Gasteiger partial charge is 0.387 e. The van der Waals surface area contributed by atoms with Crippen molar-refractivity contribution in [1.29, 1.82) is 0 Å². The van der Waals surface area contributed by atoms with Crippen molar-refractivity contribution in [3.8, 4) is 0 Å². The zero-order valence-electron chi connectivity index (χ0n) is 10.1. The summed E-state index contributed by atoms with van der Waals surface area (Å²) in [7, 11) is 0. The van der Waals surface area contributed by atoms with Gasteiger partial charge < -0.3 is 10.4 Å². The van der Waals surface area contributed by atoms with Gasteiger partial charge in [0.1, 0.15) is 0 Å². The van der Waals surface area contributed by atoms with E-state index in [1.54, 1.807) is 0 Å². The van der Waals surface area contributed by atoms with Gasteiger partial charge in [-0.05, 0) is 29.7 Å². The molecule has 0 radical (unpaired) electrons. The highest BCUT2D eigenvalue weighted by molar-refractivity contribution is 8.00. The SMILES string of the molecule is CC1SCCCC1(O)C1NCc2ccccc21. The van der Waals surface area contributed by atoms with E-state index in [9.17, 15) is 5.11 Å². The molecular weight excluding hydrogens is 230 g/mol. The van der Waals surface area contributed by atoms with Crippen LogP contribution in [0.4, 0.5) is 0 Å². The van der Waals surface area contributed by atoms with Gasteiger partial charge in [0.15, 0.2) is 0 Å². The monoisotopic (exact) mass is 249 g/mol. The van der Waals surface area contributed by atoms with Crippen LogP contribution in [0, 0.1) is 0 Å². The number of fused-ring (bicyclic) bond motifs is 1. The van der Waals surface area contributed by atoms with E-state index in [1.807, 2.05) is 11.8 Å². The number of aliphatic hydroxyl groups is 1. The van der Waals surface area contributed by atoms with Crippen LogP contribution in [-0.2, 0) is 6.54 Å². The Kier molecular flexibility index (Phi) is 2.93. The predicted octanol–water partition coefficient (Wildman–Crippen LogP) is 2.48.